The number of pyridine rings is 2. The third-order valence-electron chi connectivity index (χ3n) is 6.42. The summed E-state index contributed by atoms with van der Waals surface area (Å²) in [6.07, 6.45) is 1.54. The van der Waals surface area contributed by atoms with Gasteiger partial charge in [-0.25, -0.2) is 9.78 Å². The summed E-state index contributed by atoms with van der Waals surface area (Å²) in [5.41, 5.74) is 1.68. The Hall–Kier alpha value is -4.42. The van der Waals surface area contributed by atoms with Crippen molar-refractivity contribution in [1.82, 2.24) is 9.55 Å². The molecule has 3 heterocycles. The summed E-state index contributed by atoms with van der Waals surface area (Å²) in [5, 5.41) is 3.08. The van der Waals surface area contributed by atoms with E-state index in [0.29, 0.717) is 29.1 Å². The maximum Gasteiger partial charge on any atom is 0.341 e. The second kappa shape index (κ2) is 13.5. The molecule has 3 aromatic heterocycles. The first-order valence-electron chi connectivity index (χ1n) is 13.1. The van der Waals surface area contributed by atoms with Crippen LogP contribution in [-0.4, -0.2) is 54.8 Å². The summed E-state index contributed by atoms with van der Waals surface area (Å²) in [6.45, 7) is 8.28. The van der Waals surface area contributed by atoms with Gasteiger partial charge in [0.2, 0.25) is 11.3 Å². The molecule has 0 aliphatic rings. The zero-order valence-electron chi connectivity index (χ0n) is 24.6. The summed E-state index contributed by atoms with van der Waals surface area (Å²) in [5.74, 6) is 0.337. The SMILES string of the molecule is CCOC(=O)c1c(NC(=O)c2cn(CC(C)C)c3ccc(OC)nc3c2=O)sc(-c2ccc(OC)c(OC)c2)c1C.O. The van der Waals surface area contributed by atoms with Crippen molar-refractivity contribution < 1.29 is 34.0 Å². The van der Waals surface area contributed by atoms with Gasteiger partial charge in [0.15, 0.2) is 11.5 Å². The molecule has 4 aromatic rings. The quantitative estimate of drug-likeness (QED) is 0.258. The molecular formula is C30H35N3O8S. The molecule has 0 fully saturated rings. The van der Waals surface area contributed by atoms with Crippen LogP contribution in [0.4, 0.5) is 5.00 Å². The van der Waals surface area contributed by atoms with Gasteiger partial charge in [-0.05, 0) is 55.2 Å². The number of carbonyl (C=O) groups is 2. The Balaban J connectivity index is 0.00000484. The van der Waals surface area contributed by atoms with E-state index < -0.39 is 17.3 Å². The van der Waals surface area contributed by atoms with Gasteiger partial charge >= 0.3 is 5.97 Å². The number of rotatable bonds is 10. The van der Waals surface area contributed by atoms with Crippen LogP contribution in [0.15, 0.2) is 41.3 Å². The number of carbonyl (C=O) groups excluding carboxylic acids is 2. The number of fused-ring (bicyclic) bond motifs is 1. The predicted octanol–water partition coefficient (Wildman–Crippen LogP) is 4.72. The lowest BCUT2D eigenvalue weighted by Crippen LogP contribution is -2.25. The number of nitrogens with zero attached hydrogens (tertiary/aromatic N) is 2. The molecule has 11 nitrogen and oxygen atoms in total. The number of thiophene rings is 1. The van der Waals surface area contributed by atoms with E-state index in [4.69, 9.17) is 18.9 Å². The van der Waals surface area contributed by atoms with E-state index in [1.165, 1.54) is 24.6 Å². The van der Waals surface area contributed by atoms with E-state index in [1.54, 1.807) is 52.3 Å². The lowest BCUT2D eigenvalue weighted by atomic mass is 10.1. The monoisotopic (exact) mass is 597 g/mol. The number of aromatic nitrogens is 2. The van der Waals surface area contributed by atoms with Crippen molar-refractivity contribution in [1.29, 1.82) is 0 Å². The van der Waals surface area contributed by atoms with E-state index in [0.717, 1.165) is 10.4 Å². The Bertz CT molecular complexity index is 1680. The third kappa shape index (κ3) is 6.24. The van der Waals surface area contributed by atoms with Crippen LogP contribution in [0.2, 0.25) is 0 Å². The van der Waals surface area contributed by atoms with Crippen molar-refractivity contribution in [2.45, 2.75) is 34.2 Å². The van der Waals surface area contributed by atoms with Crippen LogP contribution in [0.25, 0.3) is 21.5 Å². The number of nitrogens with one attached hydrogen (secondary N) is 1. The van der Waals surface area contributed by atoms with Crippen LogP contribution in [0, 0.1) is 12.8 Å². The average molecular weight is 598 g/mol. The molecule has 0 radical (unpaired) electrons. The lowest BCUT2D eigenvalue weighted by molar-refractivity contribution is 0.0527. The minimum atomic E-state index is -0.662. The first-order chi connectivity index (χ1) is 19.6. The minimum Gasteiger partial charge on any atom is -0.493 e. The van der Waals surface area contributed by atoms with Crippen LogP contribution in [0.3, 0.4) is 0 Å². The fourth-order valence-electron chi connectivity index (χ4n) is 4.54. The number of anilines is 1. The number of esters is 1. The van der Waals surface area contributed by atoms with Crippen molar-refractivity contribution >= 4 is 39.2 Å². The van der Waals surface area contributed by atoms with Crippen molar-refractivity contribution in [3.8, 4) is 27.8 Å². The smallest absolute Gasteiger partial charge is 0.341 e. The Morgan fingerprint density at radius 1 is 1.05 bits per heavy atom. The van der Waals surface area contributed by atoms with Gasteiger partial charge in [-0.3, -0.25) is 9.59 Å². The highest BCUT2D eigenvalue weighted by Gasteiger charge is 2.26. The molecule has 0 atom stereocenters. The number of methoxy groups -OCH3 is 3. The molecule has 3 N–H and O–H groups in total. The first-order valence-corrected chi connectivity index (χ1v) is 13.9. The van der Waals surface area contributed by atoms with Gasteiger partial charge in [0, 0.05) is 23.7 Å². The zero-order valence-corrected chi connectivity index (χ0v) is 25.4. The molecule has 0 bridgehead atoms. The lowest BCUT2D eigenvalue weighted by Gasteiger charge is -2.15. The van der Waals surface area contributed by atoms with E-state index >= 15 is 0 Å². The van der Waals surface area contributed by atoms with E-state index in [2.05, 4.69) is 10.3 Å². The minimum absolute atomic E-state index is 0. The second-order valence-corrected chi connectivity index (χ2v) is 10.7. The number of hydrogen-bond donors (Lipinski definition) is 1. The molecule has 0 aliphatic carbocycles. The predicted molar refractivity (Wildman–Crippen MR) is 163 cm³/mol. The number of amides is 1. The third-order valence-corrected chi connectivity index (χ3v) is 7.67. The van der Waals surface area contributed by atoms with Crippen LogP contribution in [-0.2, 0) is 11.3 Å². The van der Waals surface area contributed by atoms with Gasteiger partial charge in [-0.1, -0.05) is 13.8 Å². The second-order valence-electron chi connectivity index (χ2n) is 9.64. The highest BCUT2D eigenvalue weighted by atomic mass is 32.1. The molecule has 0 spiro atoms. The molecule has 42 heavy (non-hydrogen) atoms. The van der Waals surface area contributed by atoms with E-state index in [9.17, 15) is 14.4 Å². The highest BCUT2D eigenvalue weighted by Crippen LogP contribution is 2.43. The summed E-state index contributed by atoms with van der Waals surface area (Å²) < 4.78 is 23.2. The van der Waals surface area contributed by atoms with Crippen LogP contribution in [0.1, 0.15) is 47.1 Å². The molecule has 0 unspecified atom stereocenters. The molecule has 1 aromatic carbocycles. The molecular weight excluding hydrogens is 562 g/mol. The largest absolute Gasteiger partial charge is 0.493 e. The Morgan fingerprint density at radius 3 is 2.38 bits per heavy atom. The van der Waals surface area contributed by atoms with E-state index in [-0.39, 0.29) is 45.5 Å². The Morgan fingerprint density at radius 2 is 1.76 bits per heavy atom. The molecule has 12 heteroatoms. The molecule has 0 saturated heterocycles. The normalized spacial score (nSPS) is 10.8. The van der Waals surface area contributed by atoms with Crippen LogP contribution < -0.4 is 25.0 Å². The summed E-state index contributed by atoms with van der Waals surface area (Å²) in [4.78, 5) is 45.3. The van der Waals surface area contributed by atoms with Crippen LogP contribution >= 0.6 is 11.3 Å². The van der Waals surface area contributed by atoms with Crippen molar-refractivity contribution in [2.24, 2.45) is 5.92 Å². The molecule has 4 rings (SSSR count). The molecule has 224 valence electrons. The summed E-state index contributed by atoms with van der Waals surface area (Å²) in [7, 11) is 4.55. The van der Waals surface area contributed by atoms with Gasteiger partial charge < -0.3 is 34.3 Å². The van der Waals surface area contributed by atoms with Gasteiger partial charge in [-0.15, -0.1) is 11.3 Å². The van der Waals surface area contributed by atoms with Gasteiger partial charge in [0.1, 0.15) is 16.1 Å². The number of ether oxygens (including phenoxy) is 4. The first kappa shape index (κ1) is 32.1. The van der Waals surface area contributed by atoms with Crippen molar-refractivity contribution in [3.63, 3.8) is 0 Å². The topological polar surface area (TPSA) is 149 Å². The Kier molecular flexibility index (Phi) is 10.3. The highest BCUT2D eigenvalue weighted by molar-refractivity contribution is 7.20. The summed E-state index contributed by atoms with van der Waals surface area (Å²) in [6, 6.07) is 8.83. The van der Waals surface area contributed by atoms with Gasteiger partial charge in [0.25, 0.3) is 5.91 Å². The van der Waals surface area contributed by atoms with Gasteiger partial charge in [-0.2, -0.15) is 0 Å². The maximum atomic E-state index is 13.7. The van der Waals surface area contributed by atoms with Gasteiger partial charge in [0.05, 0.1) is 39.0 Å². The fraction of sp³-hybridized carbons (Fsp3) is 0.333. The number of hydrogen-bond acceptors (Lipinski definition) is 9. The van der Waals surface area contributed by atoms with Crippen LogP contribution in [0.5, 0.6) is 17.4 Å². The Labute approximate surface area is 247 Å². The van der Waals surface area contributed by atoms with E-state index in [1.807, 2.05) is 24.5 Å². The maximum absolute atomic E-state index is 13.7. The molecule has 0 aliphatic heterocycles. The molecule has 1 amide bonds. The number of benzene rings is 1. The fourth-order valence-corrected chi connectivity index (χ4v) is 5.72. The molecule has 0 saturated carbocycles. The standard InChI is InChI=1S/C30H33N3O7S.H2O/c1-8-40-30(36)24-17(4)27(18-9-11-21(37-5)22(13-18)38-6)41-29(24)32-28(35)19-15-33(14-16(2)3)20-10-12-23(39-7)31-25(20)26(19)34;/h9-13,15-16H,8,14H2,1-7H3,(H,32,35);1H2. The van der Waals surface area contributed by atoms with Crippen molar-refractivity contribution in [2.75, 3.05) is 33.3 Å². The summed E-state index contributed by atoms with van der Waals surface area (Å²) >= 11 is 1.21. The van der Waals surface area contributed by atoms with Crippen molar-refractivity contribution in [3.05, 3.63) is 63.4 Å². The zero-order chi connectivity index (χ0) is 29.8. The average Bonchev–Trinajstić information content (AvgIpc) is 3.28.